The number of nitrogens with one attached hydrogen (secondary N) is 2. The fourth-order valence-corrected chi connectivity index (χ4v) is 7.11. The fraction of sp³-hybridized carbons (Fsp3) is 0.405. The lowest BCUT2D eigenvalue weighted by Crippen LogP contribution is -2.48. The highest BCUT2D eigenvalue weighted by Crippen LogP contribution is 2.49. The van der Waals surface area contributed by atoms with E-state index < -0.39 is 57.1 Å². The Bertz CT molecular complexity index is 1870. The molecule has 6 rings (SSSR count). The van der Waals surface area contributed by atoms with Crippen molar-refractivity contribution < 1.29 is 57.6 Å². The second-order valence-electron chi connectivity index (χ2n) is 12.8. The molecule has 51 heavy (non-hydrogen) atoms. The summed E-state index contributed by atoms with van der Waals surface area (Å²) in [5.41, 5.74) is -1.10. The van der Waals surface area contributed by atoms with Gasteiger partial charge in [0.25, 0.3) is 11.8 Å². The molecular formula is C37H39FN2O11. The van der Waals surface area contributed by atoms with E-state index in [1.165, 1.54) is 33.1 Å². The van der Waals surface area contributed by atoms with Gasteiger partial charge in [-0.05, 0) is 68.9 Å². The highest BCUT2D eigenvalue weighted by atomic mass is 19.1. The van der Waals surface area contributed by atoms with Crippen LogP contribution in [0.4, 0.5) is 4.39 Å². The van der Waals surface area contributed by atoms with E-state index in [1.807, 2.05) is 0 Å². The van der Waals surface area contributed by atoms with Crippen molar-refractivity contribution in [1.82, 2.24) is 10.6 Å². The van der Waals surface area contributed by atoms with Crippen molar-refractivity contribution in [3.63, 3.8) is 0 Å². The molecule has 2 saturated heterocycles. The Morgan fingerprint density at radius 2 is 1.25 bits per heavy atom. The van der Waals surface area contributed by atoms with Crippen LogP contribution < -0.4 is 15.4 Å². The van der Waals surface area contributed by atoms with E-state index in [4.69, 9.17) is 14.2 Å². The van der Waals surface area contributed by atoms with Crippen molar-refractivity contribution in [1.29, 1.82) is 0 Å². The van der Waals surface area contributed by atoms with E-state index in [0.717, 1.165) is 6.07 Å². The first-order valence-electron chi connectivity index (χ1n) is 16.4. The number of rotatable bonds is 7. The number of hydrogen-bond donors (Lipinski definition) is 4. The summed E-state index contributed by atoms with van der Waals surface area (Å²) in [4.78, 5) is 73.7. The molecule has 0 atom stereocenters. The second-order valence-corrected chi connectivity index (χ2v) is 12.8. The molecule has 2 spiro atoms. The van der Waals surface area contributed by atoms with Gasteiger partial charge in [0, 0.05) is 32.0 Å². The zero-order valence-corrected chi connectivity index (χ0v) is 28.5. The average molecular weight is 707 g/mol. The maximum Gasteiger partial charge on any atom is 0.259 e. The summed E-state index contributed by atoms with van der Waals surface area (Å²) in [6.45, 7) is 3.57. The Balaban J connectivity index is 0.000000198. The van der Waals surface area contributed by atoms with E-state index in [-0.39, 0.29) is 35.8 Å². The zero-order valence-electron chi connectivity index (χ0n) is 28.5. The topological polar surface area (TPSA) is 195 Å². The van der Waals surface area contributed by atoms with Gasteiger partial charge in [0.1, 0.15) is 45.8 Å². The number of carbonyl (C=O) groups excluding carboxylic acids is 6. The maximum atomic E-state index is 13.7. The van der Waals surface area contributed by atoms with Gasteiger partial charge in [0.2, 0.25) is 0 Å². The Morgan fingerprint density at radius 3 is 1.75 bits per heavy atom. The monoisotopic (exact) mass is 706 g/mol. The number of halogens is 1. The predicted molar refractivity (Wildman–Crippen MR) is 179 cm³/mol. The van der Waals surface area contributed by atoms with Gasteiger partial charge in [-0.1, -0.05) is 18.2 Å². The molecular weight excluding hydrogens is 667 g/mol. The van der Waals surface area contributed by atoms with Crippen molar-refractivity contribution in [3.8, 4) is 5.75 Å². The van der Waals surface area contributed by atoms with Crippen LogP contribution >= 0.6 is 0 Å². The lowest BCUT2D eigenvalue weighted by molar-refractivity contribution is -0.130. The van der Waals surface area contributed by atoms with Crippen molar-refractivity contribution in [2.75, 3.05) is 46.6 Å². The molecule has 270 valence electrons. The molecule has 2 aromatic carbocycles. The van der Waals surface area contributed by atoms with E-state index in [0.29, 0.717) is 74.6 Å². The summed E-state index contributed by atoms with van der Waals surface area (Å²) in [6, 6.07) is 9.04. The highest BCUT2D eigenvalue weighted by molar-refractivity contribution is 6.29. The summed E-state index contributed by atoms with van der Waals surface area (Å²) < 4.78 is 29.8. The number of aliphatic hydroxyl groups is 2. The number of amides is 2. The molecule has 2 amide bonds. The molecule has 4 aliphatic rings. The number of ether oxygens (including phenoxy) is 3. The van der Waals surface area contributed by atoms with Gasteiger partial charge in [0.15, 0.2) is 11.6 Å². The van der Waals surface area contributed by atoms with Gasteiger partial charge in [0.05, 0.1) is 36.6 Å². The van der Waals surface area contributed by atoms with Crippen LogP contribution in [0.15, 0.2) is 47.5 Å². The molecule has 14 heteroatoms. The third-order valence-corrected chi connectivity index (χ3v) is 9.69. The first-order valence-corrected chi connectivity index (χ1v) is 16.4. The van der Waals surface area contributed by atoms with Crippen molar-refractivity contribution in [2.45, 2.75) is 50.4 Å². The first-order chi connectivity index (χ1) is 24.3. The van der Waals surface area contributed by atoms with Crippen molar-refractivity contribution in [3.05, 3.63) is 75.6 Å². The molecule has 2 fully saturated rings. The van der Waals surface area contributed by atoms with Crippen molar-refractivity contribution in [2.24, 2.45) is 0 Å². The largest absolute Gasteiger partial charge is 0.506 e. The van der Waals surface area contributed by atoms with Gasteiger partial charge in [-0.2, -0.15) is 0 Å². The minimum absolute atomic E-state index is 0.134. The Labute approximate surface area is 292 Å². The molecule has 2 heterocycles. The molecule has 2 aliphatic carbocycles. The van der Waals surface area contributed by atoms with Crippen LogP contribution in [0.1, 0.15) is 61.8 Å². The summed E-state index contributed by atoms with van der Waals surface area (Å²) in [6.07, 6.45) is 1.48. The van der Waals surface area contributed by atoms with Crippen molar-refractivity contribution >= 4 is 46.5 Å². The van der Waals surface area contributed by atoms with Crippen LogP contribution in [0.5, 0.6) is 5.75 Å². The molecule has 0 aromatic heterocycles. The van der Waals surface area contributed by atoms with E-state index in [2.05, 4.69) is 10.6 Å². The van der Waals surface area contributed by atoms with Crippen LogP contribution in [0, 0.1) is 5.82 Å². The lowest BCUT2D eigenvalue weighted by Gasteiger charge is -2.40. The third-order valence-electron chi connectivity index (χ3n) is 9.69. The van der Waals surface area contributed by atoms with Crippen LogP contribution in [0.25, 0.3) is 11.5 Å². The summed E-state index contributed by atoms with van der Waals surface area (Å²) in [5.74, 6) is -4.26. The van der Waals surface area contributed by atoms with E-state index in [9.17, 15) is 43.4 Å². The number of Topliss-reactive ketones (excluding diaryl/α,β-unsaturated/α-hetero) is 4. The number of methoxy groups -OCH3 is 1. The summed E-state index contributed by atoms with van der Waals surface area (Å²) in [5, 5.41) is 26.0. The smallest absolute Gasteiger partial charge is 0.259 e. The standard InChI is InChI=1S/C19H21NO6.C18H18FNO5/c1-11(21)10-20-18(24)15-16(22)14-12(4-3-5-13(14)25-2)19(17(15)23)6-8-26-9-7-19;1-10(21)9-20-17(24)14-15(22)12-8-11(19)2-3-13(12)18(16(14)23)4-6-25-7-5-18/h3-5,22H,6-10H2,1-2H3,(H,20,24);2-3,8,22H,4-7,9H2,1H3,(H,20,24). The number of fused-ring (bicyclic) bond motifs is 4. The minimum Gasteiger partial charge on any atom is -0.506 e. The number of carbonyl (C=O) groups is 6. The number of ketones is 4. The summed E-state index contributed by atoms with van der Waals surface area (Å²) in [7, 11) is 1.46. The Hall–Kier alpha value is -5.21. The molecule has 0 bridgehead atoms. The molecule has 0 unspecified atom stereocenters. The minimum atomic E-state index is -1.03. The molecule has 0 saturated carbocycles. The third kappa shape index (κ3) is 6.80. The molecule has 0 radical (unpaired) electrons. The normalized spacial score (nSPS) is 18.7. The van der Waals surface area contributed by atoms with Gasteiger partial charge < -0.3 is 35.1 Å². The molecule has 13 nitrogen and oxygen atoms in total. The number of benzene rings is 2. The number of aliphatic hydroxyl groups excluding tert-OH is 2. The van der Waals surface area contributed by atoms with Gasteiger partial charge in [-0.15, -0.1) is 0 Å². The van der Waals surface area contributed by atoms with Crippen LogP contribution in [0.2, 0.25) is 0 Å². The zero-order chi connectivity index (χ0) is 37.1. The SMILES string of the molecule is CC(=O)CNC(=O)C1=C(O)c2cc(F)ccc2C2(CCOCC2)C1=O.COc1cccc2c1C(O)=C(C(=O)NCC(C)=O)C(=O)C21CCOCC1. The van der Waals surface area contributed by atoms with E-state index in [1.54, 1.807) is 18.2 Å². The van der Waals surface area contributed by atoms with Gasteiger partial charge in [-0.3, -0.25) is 28.8 Å². The lowest BCUT2D eigenvalue weighted by atomic mass is 9.64. The predicted octanol–water partition coefficient (Wildman–Crippen LogP) is 2.73. The van der Waals surface area contributed by atoms with E-state index >= 15 is 0 Å². The van der Waals surface area contributed by atoms with Crippen LogP contribution in [-0.2, 0) is 49.1 Å². The highest BCUT2D eigenvalue weighted by Gasteiger charge is 2.52. The maximum absolute atomic E-state index is 13.7. The Morgan fingerprint density at radius 1 is 0.765 bits per heavy atom. The molecule has 2 aliphatic heterocycles. The second kappa shape index (κ2) is 15.0. The number of hydrogen-bond acceptors (Lipinski definition) is 11. The first kappa shape index (κ1) is 37.1. The average Bonchev–Trinajstić information content (AvgIpc) is 3.12. The van der Waals surface area contributed by atoms with Gasteiger partial charge >= 0.3 is 0 Å². The Kier molecular flexibility index (Phi) is 10.9. The molecule has 2 aromatic rings. The quantitative estimate of drug-likeness (QED) is 0.309. The van der Waals surface area contributed by atoms with Gasteiger partial charge in [-0.25, -0.2) is 4.39 Å². The fourth-order valence-electron chi connectivity index (χ4n) is 7.11. The van der Waals surface area contributed by atoms with Crippen LogP contribution in [-0.4, -0.2) is 91.8 Å². The van der Waals surface area contributed by atoms with Crippen LogP contribution in [0.3, 0.4) is 0 Å². The summed E-state index contributed by atoms with van der Waals surface area (Å²) >= 11 is 0. The molecule has 4 N–H and O–H groups in total.